The maximum atomic E-state index is 4.16. The molecule has 1 saturated heterocycles. The summed E-state index contributed by atoms with van der Waals surface area (Å²) in [6, 6.07) is 1.96. The second kappa shape index (κ2) is 5.88. The molecule has 1 atom stereocenters. The minimum atomic E-state index is 0.816. The van der Waals surface area contributed by atoms with Gasteiger partial charge in [0, 0.05) is 18.9 Å². The van der Waals surface area contributed by atoms with Crippen LogP contribution in [0.5, 0.6) is 0 Å². The quantitative estimate of drug-likeness (QED) is 0.691. The molecule has 1 aromatic rings. The Morgan fingerprint density at radius 2 is 2.53 bits per heavy atom. The molecule has 4 heteroatoms. The van der Waals surface area contributed by atoms with Gasteiger partial charge in [0.25, 0.3) is 0 Å². The van der Waals surface area contributed by atoms with Gasteiger partial charge in [0.2, 0.25) is 0 Å². The molecule has 2 rings (SSSR count). The molecule has 1 aliphatic heterocycles. The van der Waals surface area contributed by atoms with Crippen LogP contribution in [0.2, 0.25) is 0 Å². The van der Waals surface area contributed by atoms with Gasteiger partial charge in [-0.3, -0.25) is 4.68 Å². The summed E-state index contributed by atoms with van der Waals surface area (Å²) in [7, 11) is 0. The van der Waals surface area contributed by atoms with E-state index in [2.05, 4.69) is 15.7 Å². The second-order valence-corrected chi connectivity index (χ2v) is 4.19. The molecule has 0 radical (unpaired) electrons. The van der Waals surface area contributed by atoms with E-state index in [1.807, 2.05) is 23.1 Å². The highest BCUT2D eigenvalue weighted by Gasteiger charge is 2.11. The Balaban J connectivity index is 1.54. The van der Waals surface area contributed by atoms with Crippen LogP contribution in [-0.4, -0.2) is 36.0 Å². The SMILES string of the molecule is c1cnn(CCNCC2CCCNC2)c1. The molecule has 1 aromatic heterocycles. The van der Waals surface area contributed by atoms with Crippen LogP contribution in [0.15, 0.2) is 18.5 Å². The maximum absolute atomic E-state index is 4.16. The number of rotatable bonds is 5. The number of nitrogens with one attached hydrogen (secondary N) is 2. The lowest BCUT2D eigenvalue weighted by Gasteiger charge is -2.22. The zero-order chi connectivity index (χ0) is 10.3. The fourth-order valence-electron chi connectivity index (χ4n) is 2.03. The Kier molecular flexibility index (Phi) is 4.17. The molecule has 0 aliphatic carbocycles. The molecule has 0 spiro atoms. The molecular formula is C11H20N4. The molecule has 2 N–H and O–H groups in total. The van der Waals surface area contributed by atoms with Gasteiger partial charge in [-0.1, -0.05) is 0 Å². The van der Waals surface area contributed by atoms with Crippen molar-refractivity contribution in [2.45, 2.75) is 19.4 Å². The summed E-state index contributed by atoms with van der Waals surface area (Å²) in [5.74, 6) is 0.816. The third-order valence-electron chi connectivity index (χ3n) is 2.91. The maximum Gasteiger partial charge on any atom is 0.0533 e. The minimum Gasteiger partial charge on any atom is -0.316 e. The third kappa shape index (κ3) is 3.64. The van der Waals surface area contributed by atoms with Crippen LogP contribution in [-0.2, 0) is 6.54 Å². The highest BCUT2D eigenvalue weighted by molar-refractivity contribution is 4.78. The Bertz CT molecular complexity index is 252. The van der Waals surface area contributed by atoms with E-state index >= 15 is 0 Å². The van der Waals surface area contributed by atoms with Crippen LogP contribution in [0.4, 0.5) is 0 Å². The van der Waals surface area contributed by atoms with Crippen molar-refractivity contribution in [3.05, 3.63) is 18.5 Å². The molecule has 2 heterocycles. The highest BCUT2D eigenvalue weighted by Crippen LogP contribution is 2.07. The Morgan fingerprint density at radius 3 is 3.27 bits per heavy atom. The van der Waals surface area contributed by atoms with Gasteiger partial charge in [0.1, 0.15) is 0 Å². The summed E-state index contributed by atoms with van der Waals surface area (Å²) >= 11 is 0. The molecule has 0 saturated carbocycles. The molecule has 84 valence electrons. The molecule has 1 aliphatic rings. The monoisotopic (exact) mass is 208 g/mol. The number of hydrogen-bond donors (Lipinski definition) is 2. The molecule has 1 unspecified atom stereocenters. The van der Waals surface area contributed by atoms with E-state index in [0.29, 0.717) is 0 Å². The average Bonchev–Trinajstić information content (AvgIpc) is 2.79. The summed E-state index contributed by atoms with van der Waals surface area (Å²) in [6.45, 7) is 5.48. The molecule has 0 bridgehead atoms. The minimum absolute atomic E-state index is 0.816. The summed E-state index contributed by atoms with van der Waals surface area (Å²) < 4.78 is 1.96. The molecule has 15 heavy (non-hydrogen) atoms. The normalized spacial score (nSPS) is 21.7. The van der Waals surface area contributed by atoms with Crippen LogP contribution in [0, 0.1) is 5.92 Å². The number of hydrogen-bond acceptors (Lipinski definition) is 3. The van der Waals surface area contributed by atoms with Gasteiger partial charge < -0.3 is 10.6 Å². The van der Waals surface area contributed by atoms with Gasteiger partial charge in [0.15, 0.2) is 0 Å². The van der Waals surface area contributed by atoms with E-state index in [1.54, 1.807) is 0 Å². The van der Waals surface area contributed by atoms with Crippen molar-refractivity contribution in [1.82, 2.24) is 20.4 Å². The number of nitrogens with zero attached hydrogens (tertiary/aromatic N) is 2. The van der Waals surface area contributed by atoms with Crippen molar-refractivity contribution in [2.75, 3.05) is 26.2 Å². The van der Waals surface area contributed by atoms with Crippen molar-refractivity contribution in [2.24, 2.45) is 5.92 Å². The predicted octanol–water partition coefficient (Wildman–Crippen LogP) is 0.472. The van der Waals surface area contributed by atoms with E-state index in [9.17, 15) is 0 Å². The fourth-order valence-corrected chi connectivity index (χ4v) is 2.03. The Labute approximate surface area is 91.1 Å². The third-order valence-corrected chi connectivity index (χ3v) is 2.91. The Hall–Kier alpha value is -0.870. The van der Waals surface area contributed by atoms with Crippen molar-refractivity contribution in [3.63, 3.8) is 0 Å². The first-order valence-corrected chi connectivity index (χ1v) is 5.84. The summed E-state index contributed by atoms with van der Waals surface area (Å²) in [6.07, 6.45) is 6.52. The van der Waals surface area contributed by atoms with E-state index in [0.717, 1.165) is 25.6 Å². The predicted molar refractivity (Wildman–Crippen MR) is 60.7 cm³/mol. The molecule has 1 fully saturated rings. The lowest BCUT2D eigenvalue weighted by atomic mass is 10.00. The first-order chi connectivity index (χ1) is 7.45. The molecule has 4 nitrogen and oxygen atoms in total. The summed E-state index contributed by atoms with van der Waals surface area (Å²) in [5.41, 5.74) is 0. The van der Waals surface area contributed by atoms with Crippen LogP contribution in [0.3, 0.4) is 0 Å². The first-order valence-electron chi connectivity index (χ1n) is 5.84. The van der Waals surface area contributed by atoms with Crippen molar-refractivity contribution >= 4 is 0 Å². The second-order valence-electron chi connectivity index (χ2n) is 4.19. The molecule has 0 aromatic carbocycles. The van der Waals surface area contributed by atoms with Gasteiger partial charge in [-0.25, -0.2) is 0 Å². The lowest BCUT2D eigenvalue weighted by Crippen LogP contribution is -2.36. The number of piperidine rings is 1. The average molecular weight is 208 g/mol. The molecular weight excluding hydrogens is 188 g/mol. The van der Waals surface area contributed by atoms with Crippen molar-refractivity contribution in [1.29, 1.82) is 0 Å². The van der Waals surface area contributed by atoms with Gasteiger partial charge in [-0.2, -0.15) is 5.10 Å². The van der Waals surface area contributed by atoms with Crippen LogP contribution in [0.25, 0.3) is 0 Å². The van der Waals surface area contributed by atoms with E-state index in [4.69, 9.17) is 0 Å². The van der Waals surface area contributed by atoms with Crippen molar-refractivity contribution in [3.8, 4) is 0 Å². The smallest absolute Gasteiger partial charge is 0.0533 e. The fraction of sp³-hybridized carbons (Fsp3) is 0.727. The summed E-state index contributed by atoms with van der Waals surface area (Å²) in [4.78, 5) is 0. The Morgan fingerprint density at radius 1 is 1.53 bits per heavy atom. The van der Waals surface area contributed by atoms with Gasteiger partial charge in [-0.15, -0.1) is 0 Å². The topological polar surface area (TPSA) is 41.9 Å². The van der Waals surface area contributed by atoms with Gasteiger partial charge in [0.05, 0.1) is 6.54 Å². The van der Waals surface area contributed by atoms with Crippen LogP contribution < -0.4 is 10.6 Å². The zero-order valence-corrected chi connectivity index (χ0v) is 9.15. The van der Waals surface area contributed by atoms with Gasteiger partial charge in [-0.05, 0) is 44.5 Å². The number of aromatic nitrogens is 2. The first kappa shape index (κ1) is 10.6. The van der Waals surface area contributed by atoms with Crippen molar-refractivity contribution < 1.29 is 0 Å². The van der Waals surface area contributed by atoms with E-state index < -0.39 is 0 Å². The largest absolute Gasteiger partial charge is 0.316 e. The van der Waals surface area contributed by atoms with Gasteiger partial charge >= 0.3 is 0 Å². The van der Waals surface area contributed by atoms with E-state index in [1.165, 1.54) is 25.9 Å². The van der Waals surface area contributed by atoms with Crippen LogP contribution >= 0.6 is 0 Å². The standard InChI is InChI=1S/C11H20N4/c1-3-11(9-12-4-1)10-13-6-8-15-7-2-5-14-15/h2,5,7,11-13H,1,3-4,6,8-10H2. The molecule has 0 amide bonds. The zero-order valence-electron chi connectivity index (χ0n) is 9.15. The summed E-state index contributed by atoms with van der Waals surface area (Å²) in [5, 5.41) is 11.1. The lowest BCUT2D eigenvalue weighted by molar-refractivity contribution is 0.357. The highest BCUT2D eigenvalue weighted by atomic mass is 15.3. The van der Waals surface area contributed by atoms with Crippen LogP contribution in [0.1, 0.15) is 12.8 Å². The van der Waals surface area contributed by atoms with E-state index in [-0.39, 0.29) is 0 Å².